The van der Waals surface area contributed by atoms with Gasteiger partial charge < -0.3 is 14.9 Å². The number of hydrogen-bond acceptors (Lipinski definition) is 3. The number of unbranched alkanes of at least 4 members (excludes halogenated alkanes) is 1. The minimum absolute atomic E-state index is 0.284. The van der Waals surface area contributed by atoms with Crippen LogP contribution >= 0.6 is 0 Å². The van der Waals surface area contributed by atoms with Crippen molar-refractivity contribution in [2.45, 2.75) is 26.2 Å². The van der Waals surface area contributed by atoms with E-state index in [1.807, 2.05) is 17.0 Å². The number of nitrogens with zero attached hydrogens (tertiary/aromatic N) is 2. The van der Waals surface area contributed by atoms with E-state index in [0.717, 1.165) is 44.7 Å². The van der Waals surface area contributed by atoms with Crippen molar-refractivity contribution in [3.8, 4) is 5.75 Å². The number of carbonyl (C=O) groups excluding carboxylic acids is 1. The number of amides is 1. The molecule has 0 aromatic heterocycles. The molecule has 1 saturated heterocycles. The maximum atomic E-state index is 11.9. The smallest absolute Gasteiger partial charge is 0.222 e. The van der Waals surface area contributed by atoms with Gasteiger partial charge in [-0.2, -0.15) is 0 Å². The molecule has 19 heavy (non-hydrogen) atoms. The van der Waals surface area contributed by atoms with Gasteiger partial charge in [-0.05, 0) is 30.7 Å². The number of anilines is 1. The van der Waals surface area contributed by atoms with Crippen LogP contribution < -0.4 is 4.90 Å². The summed E-state index contributed by atoms with van der Waals surface area (Å²) >= 11 is 0. The van der Waals surface area contributed by atoms with Crippen LogP contribution in [0.4, 0.5) is 5.69 Å². The number of rotatable bonds is 4. The van der Waals surface area contributed by atoms with Crippen LogP contribution in [0.5, 0.6) is 5.75 Å². The molecule has 0 radical (unpaired) electrons. The predicted molar refractivity (Wildman–Crippen MR) is 76.4 cm³/mol. The summed E-state index contributed by atoms with van der Waals surface area (Å²) in [7, 11) is 0. The third-order valence-electron chi connectivity index (χ3n) is 3.59. The van der Waals surface area contributed by atoms with Crippen LogP contribution in [0.15, 0.2) is 24.3 Å². The molecule has 1 heterocycles. The highest BCUT2D eigenvalue weighted by molar-refractivity contribution is 5.76. The van der Waals surface area contributed by atoms with Crippen LogP contribution in [0.2, 0.25) is 0 Å². The molecular formula is C15H22N2O2. The molecule has 1 N–H and O–H groups in total. The Balaban J connectivity index is 1.85. The predicted octanol–water partition coefficient (Wildman–Crippen LogP) is 2.23. The summed E-state index contributed by atoms with van der Waals surface area (Å²) in [5, 5.41) is 9.28. The maximum absolute atomic E-state index is 11.9. The third kappa shape index (κ3) is 3.63. The van der Waals surface area contributed by atoms with Crippen LogP contribution in [0.25, 0.3) is 0 Å². The van der Waals surface area contributed by atoms with E-state index in [-0.39, 0.29) is 11.7 Å². The van der Waals surface area contributed by atoms with Crippen LogP contribution in [0, 0.1) is 0 Å². The zero-order valence-corrected chi connectivity index (χ0v) is 11.5. The second kappa shape index (κ2) is 6.45. The van der Waals surface area contributed by atoms with Gasteiger partial charge in [0.1, 0.15) is 5.75 Å². The number of aromatic hydroxyl groups is 1. The fraction of sp³-hybridized carbons (Fsp3) is 0.533. The van der Waals surface area contributed by atoms with Gasteiger partial charge in [-0.15, -0.1) is 0 Å². The van der Waals surface area contributed by atoms with Crippen molar-refractivity contribution in [3.63, 3.8) is 0 Å². The first-order valence-electron chi connectivity index (χ1n) is 7.02. The molecule has 0 spiro atoms. The van der Waals surface area contributed by atoms with E-state index in [1.54, 1.807) is 12.1 Å². The van der Waals surface area contributed by atoms with Gasteiger partial charge in [0.2, 0.25) is 5.91 Å². The highest BCUT2D eigenvalue weighted by atomic mass is 16.3. The molecule has 1 aliphatic heterocycles. The molecule has 1 aromatic rings. The Morgan fingerprint density at radius 3 is 2.37 bits per heavy atom. The standard InChI is InChI=1S/C15H22N2O2/c1-2-3-4-15(19)17-11-9-16(10-12-17)13-5-7-14(18)8-6-13/h5-8,18H,2-4,9-12H2,1H3. The van der Waals surface area contributed by atoms with Crippen LogP contribution in [-0.4, -0.2) is 42.1 Å². The Morgan fingerprint density at radius 2 is 1.79 bits per heavy atom. The summed E-state index contributed by atoms with van der Waals surface area (Å²) in [6, 6.07) is 7.25. The van der Waals surface area contributed by atoms with Gasteiger partial charge in [0.25, 0.3) is 0 Å². The molecule has 104 valence electrons. The van der Waals surface area contributed by atoms with Crippen LogP contribution in [0.3, 0.4) is 0 Å². The molecule has 1 aromatic carbocycles. The van der Waals surface area contributed by atoms with Gasteiger partial charge in [0.15, 0.2) is 0 Å². The van der Waals surface area contributed by atoms with Crippen molar-refractivity contribution in [3.05, 3.63) is 24.3 Å². The Morgan fingerprint density at radius 1 is 1.16 bits per heavy atom. The third-order valence-corrected chi connectivity index (χ3v) is 3.59. The van der Waals surface area contributed by atoms with E-state index in [0.29, 0.717) is 6.42 Å². The molecule has 0 saturated carbocycles. The second-order valence-electron chi connectivity index (χ2n) is 4.99. The van der Waals surface area contributed by atoms with Crippen LogP contribution in [-0.2, 0) is 4.79 Å². The first kappa shape index (κ1) is 13.7. The fourth-order valence-corrected chi connectivity index (χ4v) is 2.36. The average Bonchev–Trinajstić information content (AvgIpc) is 2.46. The molecule has 0 aliphatic carbocycles. The summed E-state index contributed by atoms with van der Waals surface area (Å²) in [6.45, 7) is 5.42. The zero-order chi connectivity index (χ0) is 13.7. The number of phenolic OH excluding ortho intramolecular Hbond substituents is 1. The topological polar surface area (TPSA) is 43.8 Å². The molecule has 2 rings (SSSR count). The van der Waals surface area contributed by atoms with Gasteiger partial charge in [-0.1, -0.05) is 13.3 Å². The Hall–Kier alpha value is -1.71. The number of carbonyl (C=O) groups is 1. The summed E-state index contributed by atoms with van der Waals surface area (Å²) in [4.78, 5) is 16.1. The van der Waals surface area contributed by atoms with Crippen molar-refractivity contribution in [1.29, 1.82) is 0 Å². The number of phenols is 1. The lowest BCUT2D eigenvalue weighted by Gasteiger charge is -2.36. The van der Waals surface area contributed by atoms with Crippen molar-refractivity contribution in [2.24, 2.45) is 0 Å². The molecule has 4 heteroatoms. The SMILES string of the molecule is CCCCC(=O)N1CCN(c2ccc(O)cc2)CC1. The Bertz CT molecular complexity index is 409. The van der Waals surface area contributed by atoms with Crippen molar-refractivity contribution in [2.75, 3.05) is 31.1 Å². The molecule has 1 fully saturated rings. The maximum Gasteiger partial charge on any atom is 0.222 e. The molecule has 1 aliphatic rings. The molecule has 0 bridgehead atoms. The van der Waals surface area contributed by atoms with E-state index in [2.05, 4.69) is 11.8 Å². The van der Waals surface area contributed by atoms with Gasteiger partial charge in [0.05, 0.1) is 0 Å². The minimum atomic E-state index is 0.284. The van der Waals surface area contributed by atoms with E-state index in [4.69, 9.17) is 0 Å². The van der Waals surface area contributed by atoms with Gasteiger partial charge in [-0.3, -0.25) is 4.79 Å². The van der Waals surface area contributed by atoms with E-state index in [9.17, 15) is 9.90 Å². The Labute approximate surface area is 114 Å². The van der Waals surface area contributed by atoms with Crippen molar-refractivity contribution >= 4 is 11.6 Å². The Kier molecular flexibility index (Phi) is 4.66. The van der Waals surface area contributed by atoms with E-state index >= 15 is 0 Å². The fourth-order valence-electron chi connectivity index (χ4n) is 2.36. The molecule has 0 unspecified atom stereocenters. The zero-order valence-electron chi connectivity index (χ0n) is 11.5. The summed E-state index contributed by atoms with van der Waals surface area (Å²) in [6.07, 6.45) is 2.73. The lowest BCUT2D eigenvalue weighted by atomic mass is 10.2. The second-order valence-corrected chi connectivity index (χ2v) is 4.99. The average molecular weight is 262 g/mol. The number of benzene rings is 1. The van der Waals surface area contributed by atoms with E-state index < -0.39 is 0 Å². The van der Waals surface area contributed by atoms with Gasteiger partial charge in [0, 0.05) is 38.3 Å². The highest BCUT2D eigenvalue weighted by Crippen LogP contribution is 2.20. The van der Waals surface area contributed by atoms with E-state index in [1.165, 1.54) is 0 Å². The molecular weight excluding hydrogens is 240 g/mol. The monoisotopic (exact) mass is 262 g/mol. The number of hydrogen-bond donors (Lipinski definition) is 1. The molecule has 1 amide bonds. The molecule has 4 nitrogen and oxygen atoms in total. The number of piperazine rings is 1. The normalized spacial score (nSPS) is 15.6. The van der Waals surface area contributed by atoms with Crippen molar-refractivity contribution < 1.29 is 9.90 Å². The summed E-state index contributed by atoms with van der Waals surface area (Å²) in [5.41, 5.74) is 1.11. The quantitative estimate of drug-likeness (QED) is 0.905. The van der Waals surface area contributed by atoms with Crippen LogP contribution in [0.1, 0.15) is 26.2 Å². The summed E-state index contributed by atoms with van der Waals surface area (Å²) in [5.74, 6) is 0.573. The van der Waals surface area contributed by atoms with Crippen molar-refractivity contribution in [1.82, 2.24) is 4.90 Å². The summed E-state index contributed by atoms with van der Waals surface area (Å²) < 4.78 is 0. The first-order chi connectivity index (χ1) is 9.20. The lowest BCUT2D eigenvalue weighted by molar-refractivity contribution is -0.131. The lowest BCUT2D eigenvalue weighted by Crippen LogP contribution is -2.48. The molecule has 0 atom stereocenters. The van der Waals surface area contributed by atoms with Gasteiger partial charge in [-0.25, -0.2) is 0 Å². The highest BCUT2D eigenvalue weighted by Gasteiger charge is 2.20. The minimum Gasteiger partial charge on any atom is -0.508 e. The largest absolute Gasteiger partial charge is 0.508 e. The van der Waals surface area contributed by atoms with Gasteiger partial charge >= 0.3 is 0 Å². The first-order valence-corrected chi connectivity index (χ1v) is 7.02.